The van der Waals surface area contributed by atoms with Crippen LogP contribution in [0.3, 0.4) is 0 Å². The van der Waals surface area contributed by atoms with Gasteiger partial charge in [-0.3, -0.25) is 0 Å². The number of nitrogens with two attached hydrogens (primary N) is 1. The van der Waals surface area contributed by atoms with Crippen molar-refractivity contribution < 1.29 is 0 Å². The third-order valence-corrected chi connectivity index (χ3v) is 3.16. The Balaban J connectivity index is 2.37. The molecule has 0 aliphatic carbocycles. The van der Waals surface area contributed by atoms with E-state index in [1.807, 2.05) is 0 Å². The van der Waals surface area contributed by atoms with Gasteiger partial charge in [0.1, 0.15) is 0 Å². The van der Waals surface area contributed by atoms with E-state index in [1.165, 1.54) is 11.1 Å². The number of hydrogen-bond donors (Lipinski definition) is 2. The van der Waals surface area contributed by atoms with E-state index >= 15 is 0 Å². The first kappa shape index (κ1) is 13.2. The summed E-state index contributed by atoms with van der Waals surface area (Å²) in [5.41, 5.74) is 8.14. The van der Waals surface area contributed by atoms with Crippen molar-refractivity contribution in [2.75, 3.05) is 6.54 Å². The molecule has 90 valence electrons. The second-order valence-corrected chi connectivity index (χ2v) is 4.88. The van der Waals surface area contributed by atoms with Crippen molar-refractivity contribution in [1.29, 1.82) is 0 Å². The number of nitrogens with one attached hydrogen (secondary N) is 1. The standard InChI is InChI=1S/C14H24N2/c1-11(2)12(3)9-16-10-14-6-4-5-13(7-14)8-15/h4-7,11-12,16H,8-10,15H2,1-3H3. The fraction of sp³-hybridized carbons (Fsp3) is 0.571. The Morgan fingerprint density at radius 3 is 2.50 bits per heavy atom. The van der Waals surface area contributed by atoms with Crippen LogP contribution in [-0.2, 0) is 13.1 Å². The van der Waals surface area contributed by atoms with Crippen LogP contribution in [-0.4, -0.2) is 6.54 Å². The summed E-state index contributed by atoms with van der Waals surface area (Å²) >= 11 is 0. The molecule has 2 heteroatoms. The highest BCUT2D eigenvalue weighted by atomic mass is 14.9. The first-order valence-electron chi connectivity index (χ1n) is 6.12. The third kappa shape index (κ3) is 4.33. The summed E-state index contributed by atoms with van der Waals surface area (Å²) in [5.74, 6) is 1.46. The first-order valence-corrected chi connectivity index (χ1v) is 6.12. The fourth-order valence-electron chi connectivity index (χ4n) is 1.55. The summed E-state index contributed by atoms with van der Waals surface area (Å²) in [4.78, 5) is 0. The average Bonchev–Trinajstić information content (AvgIpc) is 2.29. The molecule has 1 aromatic carbocycles. The maximum Gasteiger partial charge on any atom is 0.0205 e. The van der Waals surface area contributed by atoms with Gasteiger partial charge in [0.2, 0.25) is 0 Å². The minimum Gasteiger partial charge on any atom is -0.326 e. The van der Waals surface area contributed by atoms with Crippen molar-refractivity contribution in [2.24, 2.45) is 17.6 Å². The molecule has 0 amide bonds. The maximum absolute atomic E-state index is 5.61. The van der Waals surface area contributed by atoms with E-state index in [0.29, 0.717) is 6.54 Å². The molecule has 0 fully saturated rings. The highest BCUT2D eigenvalue weighted by molar-refractivity contribution is 5.23. The quantitative estimate of drug-likeness (QED) is 0.773. The Hall–Kier alpha value is -0.860. The highest BCUT2D eigenvalue weighted by Gasteiger charge is 2.05. The Kier molecular flexibility index (Phi) is 5.50. The Morgan fingerprint density at radius 1 is 1.19 bits per heavy atom. The molecule has 2 nitrogen and oxygen atoms in total. The predicted molar refractivity (Wildman–Crippen MR) is 70.0 cm³/mol. The van der Waals surface area contributed by atoms with Crippen LogP contribution in [0.25, 0.3) is 0 Å². The van der Waals surface area contributed by atoms with E-state index in [2.05, 4.69) is 50.4 Å². The number of rotatable bonds is 6. The molecular formula is C14H24N2. The Morgan fingerprint density at radius 2 is 1.88 bits per heavy atom. The molecule has 0 saturated carbocycles. The SMILES string of the molecule is CC(C)C(C)CNCc1cccc(CN)c1. The van der Waals surface area contributed by atoms with Gasteiger partial charge in [0, 0.05) is 13.1 Å². The molecule has 3 N–H and O–H groups in total. The molecule has 1 atom stereocenters. The summed E-state index contributed by atoms with van der Waals surface area (Å²) < 4.78 is 0. The third-order valence-electron chi connectivity index (χ3n) is 3.16. The molecule has 0 aliphatic heterocycles. The Bertz CT molecular complexity index is 307. The molecule has 0 saturated heterocycles. The second kappa shape index (κ2) is 6.66. The van der Waals surface area contributed by atoms with Gasteiger partial charge in [0.05, 0.1) is 0 Å². The van der Waals surface area contributed by atoms with Gasteiger partial charge in [-0.2, -0.15) is 0 Å². The number of hydrogen-bond acceptors (Lipinski definition) is 2. The molecule has 0 spiro atoms. The lowest BCUT2D eigenvalue weighted by Gasteiger charge is -2.16. The van der Waals surface area contributed by atoms with Crippen molar-refractivity contribution in [1.82, 2.24) is 5.32 Å². The summed E-state index contributed by atoms with van der Waals surface area (Å²) in [6.45, 7) is 9.45. The van der Waals surface area contributed by atoms with Crippen molar-refractivity contribution in [3.63, 3.8) is 0 Å². The van der Waals surface area contributed by atoms with E-state index in [-0.39, 0.29) is 0 Å². The zero-order valence-corrected chi connectivity index (χ0v) is 10.7. The summed E-state index contributed by atoms with van der Waals surface area (Å²) in [5, 5.41) is 3.49. The van der Waals surface area contributed by atoms with Crippen molar-refractivity contribution in [3.05, 3.63) is 35.4 Å². The van der Waals surface area contributed by atoms with Crippen LogP contribution in [0.1, 0.15) is 31.9 Å². The monoisotopic (exact) mass is 220 g/mol. The van der Waals surface area contributed by atoms with Crippen LogP contribution in [0.4, 0.5) is 0 Å². The zero-order chi connectivity index (χ0) is 12.0. The lowest BCUT2D eigenvalue weighted by Crippen LogP contribution is -2.23. The molecule has 0 aliphatic rings. The molecule has 0 bridgehead atoms. The van der Waals surface area contributed by atoms with Crippen molar-refractivity contribution in [3.8, 4) is 0 Å². The molecule has 0 aromatic heterocycles. The lowest BCUT2D eigenvalue weighted by molar-refractivity contribution is 0.392. The van der Waals surface area contributed by atoms with Gasteiger partial charge in [0.15, 0.2) is 0 Å². The van der Waals surface area contributed by atoms with Gasteiger partial charge >= 0.3 is 0 Å². The van der Waals surface area contributed by atoms with Gasteiger partial charge in [-0.1, -0.05) is 45.0 Å². The fourth-order valence-corrected chi connectivity index (χ4v) is 1.55. The summed E-state index contributed by atoms with van der Waals surface area (Å²) in [6, 6.07) is 8.46. The second-order valence-electron chi connectivity index (χ2n) is 4.88. The Labute approximate surface area is 99.2 Å². The molecule has 1 rings (SSSR count). The molecule has 1 aromatic rings. The van der Waals surface area contributed by atoms with Crippen LogP contribution in [0.15, 0.2) is 24.3 Å². The average molecular weight is 220 g/mol. The van der Waals surface area contributed by atoms with E-state index in [0.717, 1.165) is 24.9 Å². The first-order chi connectivity index (χ1) is 7.63. The zero-order valence-electron chi connectivity index (χ0n) is 10.7. The van der Waals surface area contributed by atoms with Crippen LogP contribution >= 0.6 is 0 Å². The van der Waals surface area contributed by atoms with E-state index in [4.69, 9.17) is 5.73 Å². The van der Waals surface area contributed by atoms with Crippen molar-refractivity contribution in [2.45, 2.75) is 33.9 Å². The lowest BCUT2D eigenvalue weighted by atomic mass is 9.98. The smallest absolute Gasteiger partial charge is 0.0205 e. The summed E-state index contributed by atoms with van der Waals surface area (Å²) in [6.07, 6.45) is 0. The van der Waals surface area contributed by atoms with Gasteiger partial charge < -0.3 is 11.1 Å². The van der Waals surface area contributed by atoms with Crippen LogP contribution in [0, 0.1) is 11.8 Å². The number of benzene rings is 1. The van der Waals surface area contributed by atoms with Crippen LogP contribution in [0.2, 0.25) is 0 Å². The summed E-state index contributed by atoms with van der Waals surface area (Å²) in [7, 11) is 0. The molecule has 1 unspecified atom stereocenters. The van der Waals surface area contributed by atoms with E-state index in [1.54, 1.807) is 0 Å². The topological polar surface area (TPSA) is 38.0 Å². The molecule has 16 heavy (non-hydrogen) atoms. The van der Waals surface area contributed by atoms with Gasteiger partial charge in [-0.05, 0) is 29.5 Å². The molecular weight excluding hydrogens is 196 g/mol. The molecule has 0 radical (unpaired) electrons. The van der Waals surface area contributed by atoms with Crippen LogP contribution < -0.4 is 11.1 Å². The van der Waals surface area contributed by atoms with Gasteiger partial charge in [0.25, 0.3) is 0 Å². The van der Waals surface area contributed by atoms with Crippen LogP contribution in [0.5, 0.6) is 0 Å². The normalized spacial score (nSPS) is 13.1. The maximum atomic E-state index is 5.61. The van der Waals surface area contributed by atoms with Gasteiger partial charge in [-0.15, -0.1) is 0 Å². The van der Waals surface area contributed by atoms with Gasteiger partial charge in [-0.25, -0.2) is 0 Å². The highest BCUT2D eigenvalue weighted by Crippen LogP contribution is 2.09. The largest absolute Gasteiger partial charge is 0.326 e. The molecule has 0 heterocycles. The van der Waals surface area contributed by atoms with E-state index < -0.39 is 0 Å². The minimum atomic E-state index is 0.621. The van der Waals surface area contributed by atoms with Crippen molar-refractivity contribution >= 4 is 0 Å². The minimum absolute atomic E-state index is 0.621. The van der Waals surface area contributed by atoms with E-state index in [9.17, 15) is 0 Å². The predicted octanol–water partition coefficient (Wildman–Crippen LogP) is 2.53.